The van der Waals surface area contributed by atoms with Crippen LogP contribution in [0.3, 0.4) is 0 Å². The molecule has 2 unspecified atom stereocenters. The predicted octanol–water partition coefficient (Wildman–Crippen LogP) is 3.82. The van der Waals surface area contributed by atoms with E-state index in [-0.39, 0.29) is 35.5 Å². The first-order valence-corrected chi connectivity index (χ1v) is 12.4. The molecule has 8 heteroatoms. The Balaban J connectivity index is 1.47. The van der Waals surface area contributed by atoms with Crippen molar-refractivity contribution in [1.82, 2.24) is 0 Å². The fraction of sp³-hybridized carbons (Fsp3) is 0.556. The zero-order valence-electron chi connectivity index (χ0n) is 20.4. The largest absolute Gasteiger partial charge is 0.504 e. The van der Waals surface area contributed by atoms with E-state index < -0.39 is 19.0 Å². The highest BCUT2D eigenvalue weighted by Crippen LogP contribution is 2.38. The number of phenols is 2. The molecule has 194 valence electrons. The number of ether oxygens (including phenoxy) is 3. The number of aryl methyl sites for hydroxylation is 2. The summed E-state index contributed by atoms with van der Waals surface area (Å²) in [5.74, 6) is 0.771. The highest BCUT2D eigenvalue weighted by molar-refractivity contribution is 5.52. The highest BCUT2D eigenvalue weighted by Gasteiger charge is 2.18. The number of benzene rings is 2. The second-order valence-electron chi connectivity index (χ2n) is 9.22. The van der Waals surface area contributed by atoms with Gasteiger partial charge in [-0.2, -0.15) is 0 Å². The van der Waals surface area contributed by atoms with Gasteiger partial charge in [0.1, 0.15) is 0 Å². The van der Waals surface area contributed by atoms with E-state index in [0.717, 1.165) is 36.8 Å². The van der Waals surface area contributed by atoms with Gasteiger partial charge in [0, 0.05) is 0 Å². The number of aromatic hydroxyl groups is 2. The van der Waals surface area contributed by atoms with Crippen LogP contribution in [0.5, 0.6) is 28.7 Å². The Morgan fingerprint density at radius 1 is 0.857 bits per heavy atom. The van der Waals surface area contributed by atoms with Gasteiger partial charge in [0.2, 0.25) is 5.75 Å². The van der Waals surface area contributed by atoms with Gasteiger partial charge in [-0.1, -0.05) is 12.5 Å². The Kier molecular flexibility index (Phi) is 10.3. The van der Waals surface area contributed by atoms with E-state index in [2.05, 4.69) is 0 Å². The van der Waals surface area contributed by atoms with E-state index in [1.807, 2.05) is 12.1 Å². The van der Waals surface area contributed by atoms with E-state index in [4.69, 9.17) is 19.3 Å². The van der Waals surface area contributed by atoms with E-state index in [0.29, 0.717) is 31.4 Å². The molecule has 35 heavy (non-hydrogen) atoms. The lowest BCUT2D eigenvalue weighted by Crippen LogP contribution is -2.20. The van der Waals surface area contributed by atoms with Gasteiger partial charge in [-0.3, -0.25) is 0 Å². The van der Waals surface area contributed by atoms with Crippen molar-refractivity contribution in [3.8, 4) is 28.7 Å². The molecule has 2 atom stereocenters. The van der Waals surface area contributed by atoms with Crippen LogP contribution < -0.4 is 14.2 Å². The molecule has 0 heterocycles. The van der Waals surface area contributed by atoms with Crippen LogP contribution >= 0.6 is 0 Å². The van der Waals surface area contributed by atoms with Crippen LogP contribution in [0.4, 0.5) is 0 Å². The van der Waals surface area contributed by atoms with Crippen molar-refractivity contribution in [2.24, 2.45) is 0 Å². The van der Waals surface area contributed by atoms with Crippen molar-refractivity contribution in [1.29, 1.82) is 0 Å². The Bertz CT molecular complexity index is 926. The van der Waals surface area contributed by atoms with E-state index >= 15 is 0 Å². The van der Waals surface area contributed by atoms with E-state index in [1.54, 1.807) is 18.2 Å². The van der Waals surface area contributed by atoms with E-state index in [9.17, 15) is 20.4 Å². The number of phenolic OH excluding ortho intramolecular Hbond substituents is 2. The predicted molar refractivity (Wildman–Crippen MR) is 131 cm³/mol. The lowest BCUT2D eigenvalue weighted by atomic mass is 9.97. The molecule has 8 nitrogen and oxygen atoms in total. The average molecular weight is 491 g/mol. The summed E-state index contributed by atoms with van der Waals surface area (Å²) in [7, 11) is 1.42. The molecule has 1 saturated carbocycles. The Morgan fingerprint density at radius 3 is 2.14 bits per heavy atom. The number of aliphatic hydroxyl groups is 3. The molecule has 0 aliphatic heterocycles. The molecule has 2 aromatic carbocycles. The van der Waals surface area contributed by atoms with Crippen LogP contribution in [0.1, 0.15) is 62.5 Å². The SMILES string of the molecule is COc1cc(CCC(O)CC(O)CCc2ccc(O)c(OC3CCCCC3)c2)cc(OCO)c1O. The standard InChI is InChI=1S/C27H38O8/c1-33-25-14-19(15-26(27(25)32)34-17-28)8-11-21(30)16-20(29)10-7-18-9-12-23(31)24(13-18)35-22-5-3-2-4-6-22/h9,12-15,20-22,28-32H,2-8,10-11,16-17H2,1H3. The number of hydrogen-bond donors (Lipinski definition) is 5. The number of methoxy groups -OCH3 is 1. The molecule has 0 amide bonds. The van der Waals surface area contributed by atoms with Gasteiger partial charge >= 0.3 is 0 Å². The average Bonchev–Trinajstić information content (AvgIpc) is 2.85. The van der Waals surface area contributed by atoms with Gasteiger partial charge < -0.3 is 39.7 Å². The molecule has 1 aliphatic carbocycles. The molecule has 3 rings (SSSR count). The van der Waals surface area contributed by atoms with Crippen molar-refractivity contribution < 1.29 is 39.7 Å². The zero-order valence-corrected chi connectivity index (χ0v) is 20.4. The van der Waals surface area contributed by atoms with Crippen molar-refractivity contribution >= 4 is 0 Å². The van der Waals surface area contributed by atoms with Crippen molar-refractivity contribution in [3.63, 3.8) is 0 Å². The second kappa shape index (κ2) is 13.4. The summed E-state index contributed by atoms with van der Waals surface area (Å²) in [6.45, 7) is -0.579. The lowest BCUT2D eigenvalue weighted by molar-refractivity contribution is 0.0712. The minimum atomic E-state index is -0.711. The van der Waals surface area contributed by atoms with Gasteiger partial charge in [0.05, 0.1) is 25.4 Å². The molecule has 1 aliphatic rings. The first kappa shape index (κ1) is 26.9. The topological polar surface area (TPSA) is 129 Å². The smallest absolute Gasteiger partial charge is 0.200 e. The van der Waals surface area contributed by atoms with Crippen LogP contribution in [0, 0.1) is 0 Å². The van der Waals surface area contributed by atoms with Crippen molar-refractivity contribution in [3.05, 3.63) is 41.5 Å². The summed E-state index contributed by atoms with van der Waals surface area (Å²) >= 11 is 0. The maximum Gasteiger partial charge on any atom is 0.200 e. The van der Waals surface area contributed by atoms with Crippen LogP contribution in [0.25, 0.3) is 0 Å². The molecule has 2 aromatic rings. The Morgan fingerprint density at radius 2 is 1.49 bits per heavy atom. The summed E-state index contributed by atoms with van der Waals surface area (Å²) in [6, 6.07) is 8.55. The fourth-order valence-corrected chi connectivity index (χ4v) is 4.50. The van der Waals surface area contributed by atoms with Gasteiger partial charge in [-0.25, -0.2) is 0 Å². The summed E-state index contributed by atoms with van der Waals surface area (Å²) in [4.78, 5) is 0. The maximum atomic E-state index is 10.5. The number of aliphatic hydroxyl groups excluding tert-OH is 3. The molecule has 0 bridgehead atoms. The second-order valence-corrected chi connectivity index (χ2v) is 9.22. The summed E-state index contributed by atoms with van der Waals surface area (Å²) in [5.41, 5.74) is 1.74. The molecule has 5 N–H and O–H groups in total. The van der Waals surface area contributed by atoms with Crippen LogP contribution in [-0.2, 0) is 12.8 Å². The summed E-state index contributed by atoms with van der Waals surface area (Å²) < 4.78 is 16.2. The normalized spacial score (nSPS) is 16.0. The van der Waals surface area contributed by atoms with Crippen LogP contribution in [0.2, 0.25) is 0 Å². The Hall–Kier alpha value is -2.68. The molecule has 0 aromatic heterocycles. The molecule has 0 saturated heterocycles. The minimum absolute atomic E-state index is 0.108. The third kappa shape index (κ3) is 8.19. The molecule has 0 spiro atoms. The zero-order chi connectivity index (χ0) is 25.2. The lowest BCUT2D eigenvalue weighted by Gasteiger charge is -2.23. The monoisotopic (exact) mass is 490 g/mol. The maximum absolute atomic E-state index is 10.5. The Labute approximate surface area is 206 Å². The van der Waals surface area contributed by atoms with Gasteiger partial charge in [0.25, 0.3) is 0 Å². The molecule has 0 radical (unpaired) electrons. The fourth-order valence-electron chi connectivity index (χ4n) is 4.50. The first-order valence-electron chi connectivity index (χ1n) is 12.4. The highest BCUT2D eigenvalue weighted by atomic mass is 16.6. The third-order valence-electron chi connectivity index (χ3n) is 6.49. The van der Waals surface area contributed by atoms with E-state index in [1.165, 1.54) is 13.5 Å². The van der Waals surface area contributed by atoms with Gasteiger partial charge in [-0.05, 0) is 93.2 Å². The quantitative estimate of drug-likeness (QED) is 0.268. The summed E-state index contributed by atoms with van der Waals surface area (Å²) in [5, 5.41) is 50.1. The van der Waals surface area contributed by atoms with Crippen LogP contribution in [0.15, 0.2) is 30.3 Å². The minimum Gasteiger partial charge on any atom is -0.504 e. The first-order chi connectivity index (χ1) is 16.9. The van der Waals surface area contributed by atoms with Gasteiger partial charge in [-0.15, -0.1) is 0 Å². The summed E-state index contributed by atoms with van der Waals surface area (Å²) in [6.07, 6.45) is 6.50. The van der Waals surface area contributed by atoms with Crippen LogP contribution in [-0.4, -0.2) is 57.7 Å². The molecular formula is C27H38O8. The number of hydrogen-bond acceptors (Lipinski definition) is 8. The third-order valence-corrected chi connectivity index (χ3v) is 6.49. The molecule has 1 fully saturated rings. The van der Waals surface area contributed by atoms with Crippen molar-refractivity contribution in [2.45, 2.75) is 82.5 Å². The number of rotatable bonds is 13. The van der Waals surface area contributed by atoms with Gasteiger partial charge in [0.15, 0.2) is 29.8 Å². The molecular weight excluding hydrogens is 452 g/mol. The van der Waals surface area contributed by atoms with Crippen molar-refractivity contribution in [2.75, 3.05) is 13.9 Å².